The number of carbonyl (C=O) groups excluding carboxylic acids is 1. The molecule has 1 aliphatic carbocycles. The summed E-state index contributed by atoms with van der Waals surface area (Å²) in [6.45, 7) is 3.82. The predicted molar refractivity (Wildman–Crippen MR) is 90.9 cm³/mol. The molecular formula is C19H25FN2O. The second-order valence-corrected chi connectivity index (χ2v) is 7.18. The molecule has 2 aromatic rings. The van der Waals surface area contributed by atoms with Crippen LogP contribution in [0.4, 0.5) is 4.39 Å². The Hall–Kier alpha value is -1.84. The van der Waals surface area contributed by atoms with Gasteiger partial charge in [0.2, 0.25) is 5.91 Å². The minimum Gasteiger partial charge on any atom is -0.361 e. The van der Waals surface area contributed by atoms with Crippen LogP contribution in [0.1, 0.15) is 57.9 Å². The summed E-state index contributed by atoms with van der Waals surface area (Å²) in [7, 11) is 0. The Kier molecular flexibility index (Phi) is 4.42. The molecule has 1 saturated carbocycles. The Labute approximate surface area is 136 Å². The smallest absolute Gasteiger partial charge is 0.230 e. The summed E-state index contributed by atoms with van der Waals surface area (Å²) in [6, 6.07) is 4.92. The lowest BCUT2D eigenvalue weighted by molar-refractivity contribution is -0.126. The highest BCUT2D eigenvalue weighted by atomic mass is 19.1. The Bertz CT molecular complexity index is 696. The molecule has 0 atom stereocenters. The molecule has 1 fully saturated rings. The van der Waals surface area contributed by atoms with Crippen LogP contribution >= 0.6 is 0 Å². The van der Waals surface area contributed by atoms with Crippen molar-refractivity contribution in [1.82, 2.24) is 10.3 Å². The molecular weight excluding hydrogens is 291 g/mol. The number of hydrogen-bond acceptors (Lipinski definition) is 1. The first-order chi connectivity index (χ1) is 11.0. The number of amides is 1. The highest BCUT2D eigenvalue weighted by Gasteiger charge is 2.33. The molecule has 1 amide bonds. The lowest BCUT2D eigenvalue weighted by Crippen LogP contribution is -2.45. The highest BCUT2D eigenvalue weighted by Crippen LogP contribution is 2.31. The molecule has 1 aromatic carbocycles. The van der Waals surface area contributed by atoms with Gasteiger partial charge in [0.15, 0.2) is 0 Å². The SMILES string of the molecule is CC(C)(C(=O)NC1CCCCCC1)c1c[nH]c2ccc(F)cc12. The molecule has 124 valence electrons. The Balaban J connectivity index is 1.83. The minimum atomic E-state index is -0.696. The molecule has 3 rings (SSSR count). The molecule has 0 aliphatic heterocycles. The van der Waals surface area contributed by atoms with E-state index in [1.807, 2.05) is 20.0 Å². The van der Waals surface area contributed by atoms with E-state index in [-0.39, 0.29) is 17.8 Å². The number of aromatic amines is 1. The van der Waals surface area contributed by atoms with E-state index in [0.717, 1.165) is 29.3 Å². The maximum Gasteiger partial charge on any atom is 0.230 e. The van der Waals surface area contributed by atoms with E-state index < -0.39 is 5.41 Å². The van der Waals surface area contributed by atoms with Crippen molar-refractivity contribution in [3.05, 3.63) is 35.8 Å². The molecule has 0 bridgehead atoms. The largest absolute Gasteiger partial charge is 0.361 e. The van der Waals surface area contributed by atoms with Gasteiger partial charge in [-0.3, -0.25) is 4.79 Å². The van der Waals surface area contributed by atoms with Crippen LogP contribution in [0.2, 0.25) is 0 Å². The summed E-state index contributed by atoms with van der Waals surface area (Å²) in [5.41, 5.74) is 1.01. The molecule has 23 heavy (non-hydrogen) atoms. The first-order valence-electron chi connectivity index (χ1n) is 8.56. The zero-order valence-electron chi connectivity index (χ0n) is 13.9. The van der Waals surface area contributed by atoms with Gasteiger partial charge in [0.1, 0.15) is 5.82 Å². The highest BCUT2D eigenvalue weighted by molar-refractivity contribution is 5.94. The molecule has 4 heteroatoms. The maximum atomic E-state index is 13.6. The second kappa shape index (κ2) is 6.34. The van der Waals surface area contributed by atoms with Gasteiger partial charge < -0.3 is 10.3 Å². The van der Waals surface area contributed by atoms with Gasteiger partial charge in [0, 0.05) is 23.1 Å². The van der Waals surface area contributed by atoms with Crippen molar-refractivity contribution in [2.75, 3.05) is 0 Å². The van der Waals surface area contributed by atoms with Gasteiger partial charge in [0.25, 0.3) is 0 Å². The number of hydrogen-bond donors (Lipinski definition) is 2. The van der Waals surface area contributed by atoms with Gasteiger partial charge in [-0.05, 0) is 50.5 Å². The number of H-pyrrole nitrogens is 1. The first kappa shape index (κ1) is 16.0. The standard InChI is InChI=1S/C19H25FN2O/c1-19(2,18(23)22-14-7-5-3-4-6-8-14)16-12-21-17-10-9-13(20)11-15(16)17/h9-12,14,21H,3-8H2,1-2H3,(H,22,23). The van der Waals surface area contributed by atoms with Gasteiger partial charge in [0.05, 0.1) is 5.41 Å². The molecule has 3 nitrogen and oxygen atoms in total. The van der Waals surface area contributed by atoms with Crippen molar-refractivity contribution in [2.24, 2.45) is 0 Å². The number of carbonyl (C=O) groups is 1. The molecule has 0 radical (unpaired) electrons. The number of halogens is 1. The van der Waals surface area contributed by atoms with Crippen molar-refractivity contribution >= 4 is 16.8 Å². The lowest BCUT2D eigenvalue weighted by Gasteiger charge is -2.27. The summed E-state index contributed by atoms with van der Waals surface area (Å²) in [4.78, 5) is 16.0. The number of benzene rings is 1. The van der Waals surface area contributed by atoms with Gasteiger partial charge in [-0.15, -0.1) is 0 Å². The van der Waals surface area contributed by atoms with Crippen LogP contribution in [0.5, 0.6) is 0 Å². The zero-order chi connectivity index (χ0) is 16.4. The van der Waals surface area contributed by atoms with Gasteiger partial charge in [-0.1, -0.05) is 25.7 Å². The summed E-state index contributed by atoms with van der Waals surface area (Å²) < 4.78 is 13.6. The van der Waals surface area contributed by atoms with Crippen LogP contribution < -0.4 is 5.32 Å². The van der Waals surface area contributed by atoms with Crippen LogP contribution in [0, 0.1) is 5.82 Å². The Morgan fingerprint density at radius 3 is 2.61 bits per heavy atom. The summed E-state index contributed by atoms with van der Waals surface area (Å²) in [5.74, 6) is -0.257. The fourth-order valence-corrected chi connectivity index (χ4v) is 3.52. The van der Waals surface area contributed by atoms with Crippen LogP contribution in [-0.4, -0.2) is 16.9 Å². The fourth-order valence-electron chi connectivity index (χ4n) is 3.52. The number of rotatable bonds is 3. The predicted octanol–water partition coefficient (Wildman–Crippen LogP) is 4.42. The normalized spacial score (nSPS) is 17.2. The Morgan fingerprint density at radius 1 is 1.22 bits per heavy atom. The van der Waals surface area contributed by atoms with Crippen molar-refractivity contribution in [2.45, 2.75) is 63.8 Å². The Morgan fingerprint density at radius 2 is 1.91 bits per heavy atom. The van der Waals surface area contributed by atoms with E-state index in [1.165, 1.54) is 37.8 Å². The molecule has 0 unspecified atom stereocenters. The van der Waals surface area contributed by atoms with E-state index in [0.29, 0.717) is 0 Å². The monoisotopic (exact) mass is 316 g/mol. The van der Waals surface area contributed by atoms with E-state index in [4.69, 9.17) is 0 Å². The summed E-state index contributed by atoms with van der Waals surface area (Å²) in [5, 5.41) is 4.00. The van der Waals surface area contributed by atoms with E-state index in [1.54, 1.807) is 6.07 Å². The second-order valence-electron chi connectivity index (χ2n) is 7.18. The van der Waals surface area contributed by atoms with E-state index in [2.05, 4.69) is 10.3 Å². The van der Waals surface area contributed by atoms with Crippen LogP contribution in [-0.2, 0) is 10.2 Å². The van der Waals surface area contributed by atoms with Crippen molar-refractivity contribution in [1.29, 1.82) is 0 Å². The number of fused-ring (bicyclic) bond motifs is 1. The minimum absolute atomic E-state index is 0.0227. The topological polar surface area (TPSA) is 44.9 Å². The van der Waals surface area contributed by atoms with Crippen molar-refractivity contribution in [3.63, 3.8) is 0 Å². The molecule has 1 aromatic heterocycles. The molecule has 2 N–H and O–H groups in total. The number of aromatic nitrogens is 1. The third-order valence-corrected chi connectivity index (χ3v) is 5.08. The number of nitrogens with one attached hydrogen (secondary N) is 2. The molecule has 1 heterocycles. The quantitative estimate of drug-likeness (QED) is 0.809. The van der Waals surface area contributed by atoms with Gasteiger partial charge >= 0.3 is 0 Å². The lowest BCUT2D eigenvalue weighted by atomic mass is 9.83. The van der Waals surface area contributed by atoms with Gasteiger partial charge in [-0.25, -0.2) is 4.39 Å². The summed E-state index contributed by atoms with van der Waals surface area (Å²) in [6.07, 6.45) is 8.84. The summed E-state index contributed by atoms with van der Waals surface area (Å²) >= 11 is 0. The van der Waals surface area contributed by atoms with Crippen molar-refractivity contribution < 1.29 is 9.18 Å². The molecule has 0 spiro atoms. The van der Waals surface area contributed by atoms with Crippen LogP contribution in [0.25, 0.3) is 10.9 Å². The molecule has 0 saturated heterocycles. The van der Waals surface area contributed by atoms with Crippen LogP contribution in [0.15, 0.2) is 24.4 Å². The van der Waals surface area contributed by atoms with E-state index in [9.17, 15) is 9.18 Å². The van der Waals surface area contributed by atoms with E-state index >= 15 is 0 Å². The van der Waals surface area contributed by atoms with Crippen LogP contribution in [0.3, 0.4) is 0 Å². The maximum absolute atomic E-state index is 13.6. The average Bonchev–Trinajstić information content (AvgIpc) is 2.76. The van der Waals surface area contributed by atoms with Gasteiger partial charge in [-0.2, -0.15) is 0 Å². The van der Waals surface area contributed by atoms with Crippen molar-refractivity contribution in [3.8, 4) is 0 Å². The zero-order valence-corrected chi connectivity index (χ0v) is 13.9. The molecule has 1 aliphatic rings. The third kappa shape index (κ3) is 3.26. The first-order valence-corrected chi connectivity index (χ1v) is 8.56. The fraction of sp³-hybridized carbons (Fsp3) is 0.526. The average molecular weight is 316 g/mol. The third-order valence-electron chi connectivity index (χ3n) is 5.08.